The molecule has 0 saturated carbocycles. The highest BCUT2D eigenvalue weighted by Gasteiger charge is 2.10. The number of carbonyl (C=O) groups excluding carboxylic acids is 2. The van der Waals surface area contributed by atoms with Gasteiger partial charge in [-0.15, -0.1) is 0 Å². The van der Waals surface area contributed by atoms with Gasteiger partial charge in [-0.3, -0.25) is 9.59 Å². The van der Waals surface area contributed by atoms with Crippen molar-refractivity contribution in [2.75, 3.05) is 0 Å². The first kappa shape index (κ1) is 10.4. The Hall–Kier alpha value is -1.64. The highest BCUT2D eigenvalue weighted by molar-refractivity contribution is 5.99. The maximum atomic E-state index is 11.4. The van der Waals surface area contributed by atoms with Crippen LogP contribution in [0.25, 0.3) is 0 Å². The van der Waals surface area contributed by atoms with Gasteiger partial charge in [-0.25, -0.2) is 0 Å². The fourth-order valence-corrected chi connectivity index (χ4v) is 1.13. The number of para-hydroxylation sites is 1. The molecule has 0 unspecified atom stereocenters. The molecule has 74 valence electrons. The second-order valence-electron chi connectivity index (χ2n) is 2.87. The fraction of sp³-hybridized carbons (Fsp3) is 0.273. The Balaban J connectivity index is 3.02. The number of ketones is 1. The topological polar surface area (TPSA) is 43.4 Å². The van der Waals surface area contributed by atoms with E-state index in [-0.39, 0.29) is 5.78 Å². The van der Waals surface area contributed by atoms with Crippen LogP contribution in [0.1, 0.15) is 30.6 Å². The van der Waals surface area contributed by atoms with Crippen molar-refractivity contribution in [3.05, 3.63) is 29.8 Å². The molecule has 1 aromatic carbocycles. The van der Waals surface area contributed by atoms with Crippen molar-refractivity contribution in [2.45, 2.75) is 20.3 Å². The van der Waals surface area contributed by atoms with E-state index in [1.54, 1.807) is 31.2 Å². The van der Waals surface area contributed by atoms with Crippen molar-refractivity contribution >= 4 is 11.8 Å². The normalized spacial score (nSPS) is 9.57. The van der Waals surface area contributed by atoms with Crippen LogP contribution in [-0.2, 0) is 4.79 Å². The zero-order valence-electron chi connectivity index (χ0n) is 8.24. The fourth-order valence-electron chi connectivity index (χ4n) is 1.13. The molecule has 0 fully saturated rings. The summed E-state index contributed by atoms with van der Waals surface area (Å²) in [5.74, 6) is -0.102. The molecule has 0 heterocycles. The molecule has 0 aliphatic carbocycles. The van der Waals surface area contributed by atoms with Crippen molar-refractivity contribution < 1.29 is 14.3 Å². The third kappa shape index (κ3) is 2.42. The Bertz CT molecular complexity index is 355. The number of carbonyl (C=O) groups is 2. The molecule has 3 nitrogen and oxygen atoms in total. The summed E-state index contributed by atoms with van der Waals surface area (Å²) in [6.07, 6.45) is 0.401. The number of rotatable bonds is 3. The van der Waals surface area contributed by atoms with Gasteiger partial charge in [0.15, 0.2) is 5.78 Å². The number of hydrogen-bond donors (Lipinski definition) is 0. The minimum atomic E-state index is -0.415. The van der Waals surface area contributed by atoms with Gasteiger partial charge in [-0.1, -0.05) is 19.1 Å². The van der Waals surface area contributed by atoms with Crippen LogP contribution >= 0.6 is 0 Å². The molecule has 3 heteroatoms. The highest BCUT2D eigenvalue weighted by atomic mass is 16.5. The van der Waals surface area contributed by atoms with Crippen molar-refractivity contribution in [3.8, 4) is 5.75 Å². The Morgan fingerprint density at radius 3 is 2.50 bits per heavy atom. The summed E-state index contributed by atoms with van der Waals surface area (Å²) in [6, 6.07) is 6.75. The van der Waals surface area contributed by atoms with E-state index in [9.17, 15) is 9.59 Å². The monoisotopic (exact) mass is 192 g/mol. The van der Waals surface area contributed by atoms with Gasteiger partial charge in [0.1, 0.15) is 5.75 Å². The SMILES string of the molecule is CCC(=O)c1ccccc1OC(C)=O. The summed E-state index contributed by atoms with van der Waals surface area (Å²) in [5, 5.41) is 0. The zero-order valence-corrected chi connectivity index (χ0v) is 8.24. The Morgan fingerprint density at radius 1 is 1.29 bits per heavy atom. The summed E-state index contributed by atoms with van der Waals surface area (Å²) >= 11 is 0. The Kier molecular flexibility index (Phi) is 3.40. The minimum Gasteiger partial charge on any atom is -0.426 e. The number of benzene rings is 1. The van der Waals surface area contributed by atoms with Gasteiger partial charge in [0.05, 0.1) is 5.56 Å². The van der Waals surface area contributed by atoms with Gasteiger partial charge in [-0.2, -0.15) is 0 Å². The van der Waals surface area contributed by atoms with E-state index in [1.165, 1.54) is 6.92 Å². The molecule has 0 aliphatic heterocycles. The first-order valence-electron chi connectivity index (χ1n) is 4.45. The molecule has 0 radical (unpaired) electrons. The molecule has 0 bridgehead atoms. The Labute approximate surface area is 82.7 Å². The number of esters is 1. The summed E-state index contributed by atoms with van der Waals surface area (Å²) < 4.78 is 4.91. The van der Waals surface area contributed by atoms with E-state index < -0.39 is 5.97 Å². The van der Waals surface area contributed by atoms with Crippen LogP contribution in [-0.4, -0.2) is 11.8 Å². The number of ether oxygens (including phenoxy) is 1. The second-order valence-corrected chi connectivity index (χ2v) is 2.87. The number of hydrogen-bond acceptors (Lipinski definition) is 3. The first-order chi connectivity index (χ1) is 6.65. The van der Waals surface area contributed by atoms with Gasteiger partial charge in [0, 0.05) is 13.3 Å². The lowest BCUT2D eigenvalue weighted by atomic mass is 10.1. The molecule has 0 amide bonds. The van der Waals surface area contributed by atoms with Gasteiger partial charge >= 0.3 is 5.97 Å². The van der Waals surface area contributed by atoms with Gasteiger partial charge in [-0.05, 0) is 12.1 Å². The van der Waals surface area contributed by atoms with Crippen LogP contribution in [0.5, 0.6) is 5.75 Å². The van der Waals surface area contributed by atoms with Crippen molar-refractivity contribution in [1.29, 1.82) is 0 Å². The minimum absolute atomic E-state index is 0.0261. The van der Waals surface area contributed by atoms with Crippen molar-refractivity contribution in [1.82, 2.24) is 0 Å². The molecular formula is C11H12O3. The van der Waals surface area contributed by atoms with Crippen LogP contribution in [0.15, 0.2) is 24.3 Å². The third-order valence-electron chi connectivity index (χ3n) is 1.76. The standard InChI is InChI=1S/C11H12O3/c1-3-10(13)9-6-4-5-7-11(9)14-8(2)12/h4-7H,3H2,1-2H3. The summed E-state index contributed by atoms with van der Waals surface area (Å²) in [4.78, 5) is 22.2. The largest absolute Gasteiger partial charge is 0.426 e. The highest BCUT2D eigenvalue weighted by Crippen LogP contribution is 2.19. The average Bonchev–Trinajstić information content (AvgIpc) is 2.16. The van der Waals surface area contributed by atoms with Gasteiger partial charge < -0.3 is 4.74 Å². The number of Topliss-reactive ketones (excluding diaryl/α,β-unsaturated/α-hetero) is 1. The van der Waals surface area contributed by atoms with Crippen LogP contribution in [0.3, 0.4) is 0 Å². The van der Waals surface area contributed by atoms with Crippen molar-refractivity contribution in [2.24, 2.45) is 0 Å². The first-order valence-corrected chi connectivity index (χ1v) is 4.45. The maximum absolute atomic E-state index is 11.4. The lowest BCUT2D eigenvalue weighted by Crippen LogP contribution is -2.06. The summed E-state index contributed by atoms with van der Waals surface area (Å²) in [7, 11) is 0. The van der Waals surface area contributed by atoms with E-state index in [4.69, 9.17) is 4.74 Å². The van der Waals surface area contributed by atoms with Crippen LogP contribution in [0.4, 0.5) is 0 Å². The molecule has 14 heavy (non-hydrogen) atoms. The molecule has 0 aromatic heterocycles. The van der Waals surface area contributed by atoms with Crippen molar-refractivity contribution in [3.63, 3.8) is 0 Å². The molecule has 0 spiro atoms. The second kappa shape index (κ2) is 4.56. The molecule has 0 aliphatic rings. The van der Waals surface area contributed by atoms with Crippen LogP contribution < -0.4 is 4.74 Å². The quantitative estimate of drug-likeness (QED) is 0.419. The predicted molar refractivity (Wildman–Crippen MR) is 52.4 cm³/mol. The molecule has 0 atom stereocenters. The molecule has 1 rings (SSSR count). The van der Waals surface area contributed by atoms with E-state index in [2.05, 4.69) is 0 Å². The van der Waals surface area contributed by atoms with E-state index in [0.717, 1.165) is 0 Å². The molecule has 1 aromatic rings. The smallest absolute Gasteiger partial charge is 0.308 e. The zero-order chi connectivity index (χ0) is 10.6. The molecule has 0 saturated heterocycles. The summed E-state index contributed by atoms with van der Waals surface area (Å²) in [6.45, 7) is 3.08. The van der Waals surface area contributed by atoms with Crippen LogP contribution in [0, 0.1) is 0 Å². The van der Waals surface area contributed by atoms with Gasteiger partial charge in [0.25, 0.3) is 0 Å². The maximum Gasteiger partial charge on any atom is 0.308 e. The predicted octanol–water partition coefficient (Wildman–Crippen LogP) is 2.20. The van der Waals surface area contributed by atoms with E-state index >= 15 is 0 Å². The Morgan fingerprint density at radius 2 is 1.93 bits per heavy atom. The lowest BCUT2D eigenvalue weighted by molar-refractivity contribution is -0.131. The van der Waals surface area contributed by atoms with E-state index in [0.29, 0.717) is 17.7 Å². The van der Waals surface area contributed by atoms with E-state index in [1.807, 2.05) is 0 Å². The average molecular weight is 192 g/mol. The van der Waals surface area contributed by atoms with Crippen LogP contribution in [0.2, 0.25) is 0 Å². The van der Waals surface area contributed by atoms with Gasteiger partial charge in [0.2, 0.25) is 0 Å². The molecule has 0 N–H and O–H groups in total. The third-order valence-corrected chi connectivity index (χ3v) is 1.76. The molecular weight excluding hydrogens is 180 g/mol. The summed E-state index contributed by atoms with van der Waals surface area (Å²) in [5.41, 5.74) is 0.463. The lowest BCUT2D eigenvalue weighted by Gasteiger charge is -2.05.